The summed E-state index contributed by atoms with van der Waals surface area (Å²) in [6.07, 6.45) is -1.83. The van der Waals surface area contributed by atoms with E-state index < -0.39 is 49.2 Å². The lowest BCUT2D eigenvalue weighted by Crippen LogP contribution is -2.59. The highest BCUT2D eigenvalue weighted by Gasteiger charge is 2.44. The molecule has 8 atom stereocenters. The zero-order valence-electron chi connectivity index (χ0n) is 16.6. The number of hydrogen-bond donors (Lipinski definition) is 5. The van der Waals surface area contributed by atoms with Crippen molar-refractivity contribution in [3.8, 4) is 0 Å². The van der Waals surface area contributed by atoms with E-state index in [0.717, 1.165) is 19.3 Å². The minimum absolute atomic E-state index is 0.0643. The van der Waals surface area contributed by atoms with Crippen LogP contribution < -0.4 is 0 Å². The Labute approximate surface area is 166 Å². The van der Waals surface area contributed by atoms with E-state index in [4.69, 9.17) is 18.9 Å². The Balaban J connectivity index is 1.66. The summed E-state index contributed by atoms with van der Waals surface area (Å²) < 4.78 is 21.6. The molecule has 0 saturated carbocycles. The Bertz CT molecular complexity index is 424. The number of unbranched alkanes of at least 4 members (excludes halogenated alkanes) is 6. The monoisotopic (exact) mass is 408 g/mol. The van der Waals surface area contributed by atoms with Crippen LogP contribution in [-0.4, -0.2) is 94.6 Å². The maximum atomic E-state index is 10.3. The van der Waals surface area contributed by atoms with Crippen LogP contribution in [0.3, 0.4) is 0 Å². The van der Waals surface area contributed by atoms with Crippen LogP contribution in [0.5, 0.6) is 0 Å². The molecule has 0 aromatic heterocycles. The van der Waals surface area contributed by atoms with Crippen LogP contribution in [0, 0.1) is 0 Å². The van der Waals surface area contributed by atoms with Crippen LogP contribution in [0.25, 0.3) is 0 Å². The van der Waals surface area contributed by atoms with Crippen molar-refractivity contribution in [2.45, 2.75) is 101 Å². The molecule has 2 aliphatic rings. The second kappa shape index (κ2) is 12.4. The molecular formula is C19H36O9. The fourth-order valence-corrected chi connectivity index (χ4v) is 3.36. The van der Waals surface area contributed by atoms with E-state index in [1.165, 1.54) is 25.7 Å². The molecule has 166 valence electrons. The summed E-state index contributed by atoms with van der Waals surface area (Å²) in [5.74, 6) is 0. The summed E-state index contributed by atoms with van der Waals surface area (Å²) in [5.41, 5.74) is 0. The van der Waals surface area contributed by atoms with Crippen molar-refractivity contribution in [2.24, 2.45) is 0 Å². The molecule has 8 unspecified atom stereocenters. The van der Waals surface area contributed by atoms with Gasteiger partial charge in [0.2, 0.25) is 0 Å². The smallest absolute Gasteiger partial charge is 0.186 e. The van der Waals surface area contributed by atoms with Gasteiger partial charge in [-0.3, -0.25) is 0 Å². The van der Waals surface area contributed by atoms with Gasteiger partial charge in [0, 0.05) is 6.61 Å². The standard InChI is InChI=1S/C19H36O9/c1-2-3-4-5-6-7-8-9-25-18-17(24)15(22)13(11-27-18)28-19-16(23)14(21)12(20)10-26-19/h12-24H,2-11H2,1H3. The zero-order chi connectivity index (χ0) is 20.5. The molecule has 0 amide bonds. The van der Waals surface area contributed by atoms with E-state index in [1.54, 1.807) is 0 Å². The fraction of sp³-hybridized carbons (Fsp3) is 1.00. The molecule has 0 spiro atoms. The molecule has 9 nitrogen and oxygen atoms in total. The molecule has 0 radical (unpaired) electrons. The lowest BCUT2D eigenvalue weighted by molar-refractivity contribution is -0.328. The predicted molar refractivity (Wildman–Crippen MR) is 98.3 cm³/mol. The average molecular weight is 408 g/mol. The first-order valence-corrected chi connectivity index (χ1v) is 10.4. The quantitative estimate of drug-likeness (QED) is 0.291. The van der Waals surface area contributed by atoms with Gasteiger partial charge in [-0.15, -0.1) is 0 Å². The first kappa shape index (κ1) is 23.9. The second-order valence-electron chi connectivity index (χ2n) is 7.60. The van der Waals surface area contributed by atoms with Gasteiger partial charge in [0.1, 0.15) is 36.6 Å². The van der Waals surface area contributed by atoms with Crippen molar-refractivity contribution in [1.82, 2.24) is 0 Å². The van der Waals surface area contributed by atoms with Crippen molar-refractivity contribution >= 4 is 0 Å². The molecular weight excluding hydrogens is 372 g/mol. The molecule has 0 aromatic rings. The number of ether oxygens (including phenoxy) is 4. The average Bonchev–Trinajstić information content (AvgIpc) is 2.69. The largest absolute Gasteiger partial charge is 0.388 e. The van der Waals surface area contributed by atoms with E-state index in [2.05, 4.69) is 6.92 Å². The number of aliphatic hydroxyl groups is 5. The number of hydrogen-bond acceptors (Lipinski definition) is 9. The molecule has 2 fully saturated rings. The van der Waals surface area contributed by atoms with Crippen LogP contribution in [0.1, 0.15) is 51.9 Å². The van der Waals surface area contributed by atoms with Crippen LogP contribution in [-0.2, 0) is 18.9 Å². The normalized spacial score (nSPS) is 39.2. The minimum Gasteiger partial charge on any atom is -0.388 e. The molecule has 0 aromatic carbocycles. The predicted octanol–water partition coefficient (Wildman–Crippen LogP) is -0.344. The maximum absolute atomic E-state index is 10.3. The fourth-order valence-electron chi connectivity index (χ4n) is 3.36. The lowest BCUT2D eigenvalue weighted by Gasteiger charge is -2.41. The van der Waals surface area contributed by atoms with Crippen LogP contribution >= 0.6 is 0 Å². The molecule has 0 bridgehead atoms. The van der Waals surface area contributed by atoms with Gasteiger partial charge in [-0.25, -0.2) is 0 Å². The summed E-state index contributed by atoms with van der Waals surface area (Å²) in [6.45, 7) is 2.35. The highest BCUT2D eigenvalue weighted by molar-refractivity contribution is 4.87. The highest BCUT2D eigenvalue weighted by atomic mass is 16.7. The van der Waals surface area contributed by atoms with Gasteiger partial charge >= 0.3 is 0 Å². The molecule has 5 N–H and O–H groups in total. The van der Waals surface area contributed by atoms with Gasteiger partial charge in [-0.05, 0) is 6.42 Å². The van der Waals surface area contributed by atoms with Gasteiger partial charge in [0.05, 0.1) is 13.2 Å². The second-order valence-corrected chi connectivity index (χ2v) is 7.60. The minimum atomic E-state index is -1.47. The Hall–Kier alpha value is -0.360. The summed E-state index contributed by atoms with van der Waals surface area (Å²) in [7, 11) is 0. The molecule has 9 heteroatoms. The van der Waals surface area contributed by atoms with E-state index in [-0.39, 0.29) is 13.2 Å². The number of rotatable bonds is 11. The number of aliphatic hydroxyl groups excluding tert-OH is 5. The Morgan fingerprint density at radius 3 is 2.04 bits per heavy atom. The van der Waals surface area contributed by atoms with Crippen molar-refractivity contribution in [2.75, 3.05) is 19.8 Å². The maximum Gasteiger partial charge on any atom is 0.186 e. The SMILES string of the molecule is CCCCCCCCCOC1OCC(OC2OCC(O)C(O)C2O)C(O)C1O. The van der Waals surface area contributed by atoms with Gasteiger partial charge in [0.15, 0.2) is 12.6 Å². The van der Waals surface area contributed by atoms with Gasteiger partial charge in [0.25, 0.3) is 0 Å². The third kappa shape index (κ3) is 6.86. The van der Waals surface area contributed by atoms with Gasteiger partial charge in [-0.2, -0.15) is 0 Å². The zero-order valence-corrected chi connectivity index (χ0v) is 16.6. The summed E-state index contributed by atoms with van der Waals surface area (Å²) >= 11 is 0. The Kier molecular flexibility index (Phi) is 10.6. The van der Waals surface area contributed by atoms with Crippen molar-refractivity contribution in [3.05, 3.63) is 0 Å². The van der Waals surface area contributed by atoms with Crippen molar-refractivity contribution in [1.29, 1.82) is 0 Å². The summed E-state index contributed by atoms with van der Waals surface area (Å²) in [5, 5.41) is 49.6. The molecule has 0 aliphatic carbocycles. The highest BCUT2D eigenvalue weighted by Crippen LogP contribution is 2.24. The Morgan fingerprint density at radius 2 is 1.32 bits per heavy atom. The molecule has 2 aliphatic heterocycles. The van der Waals surface area contributed by atoms with Gasteiger partial charge in [-0.1, -0.05) is 45.4 Å². The Morgan fingerprint density at radius 1 is 0.714 bits per heavy atom. The summed E-state index contributed by atoms with van der Waals surface area (Å²) in [6, 6.07) is 0. The lowest BCUT2D eigenvalue weighted by atomic mass is 10.0. The van der Waals surface area contributed by atoms with E-state index in [0.29, 0.717) is 6.61 Å². The van der Waals surface area contributed by atoms with Crippen molar-refractivity contribution < 1.29 is 44.5 Å². The third-order valence-electron chi connectivity index (χ3n) is 5.23. The molecule has 2 rings (SSSR count). The molecule has 2 saturated heterocycles. The van der Waals surface area contributed by atoms with Crippen molar-refractivity contribution in [3.63, 3.8) is 0 Å². The van der Waals surface area contributed by atoms with E-state index in [1.807, 2.05) is 0 Å². The van der Waals surface area contributed by atoms with Crippen LogP contribution in [0.4, 0.5) is 0 Å². The molecule has 28 heavy (non-hydrogen) atoms. The van der Waals surface area contributed by atoms with Gasteiger partial charge < -0.3 is 44.5 Å². The third-order valence-corrected chi connectivity index (χ3v) is 5.23. The van der Waals surface area contributed by atoms with E-state index >= 15 is 0 Å². The van der Waals surface area contributed by atoms with Crippen LogP contribution in [0.2, 0.25) is 0 Å². The first-order chi connectivity index (χ1) is 13.5. The first-order valence-electron chi connectivity index (χ1n) is 10.4. The van der Waals surface area contributed by atoms with E-state index in [9.17, 15) is 25.5 Å². The summed E-state index contributed by atoms with van der Waals surface area (Å²) in [4.78, 5) is 0. The van der Waals surface area contributed by atoms with Crippen LogP contribution in [0.15, 0.2) is 0 Å². The molecule has 2 heterocycles. The topological polar surface area (TPSA) is 138 Å².